The van der Waals surface area contributed by atoms with Gasteiger partial charge in [0.25, 0.3) is 0 Å². The summed E-state index contributed by atoms with van der Waals surface area (Å²) in [6.45, 7) is 4.69. The van der Waals surface area contributed by atoms with Crippen molar-refractivity contribution in [2.45, 2.75) is 31.2 Å². The summed E-state index contributed by atoms with van der Waals surface area (Å²) in [6, 6.07) is 4.56. The van der Waals surface area contributed by atoms with Gasteiger partial charge in [-0.15, -0.1) is 0 Å². The van der Waals surface area contributed by atoms with Crippen LogP contribution in [0.5, 0.6) is 11.5 Å². The summed E-state index contributed by atoms with van der Waals surface area (Å²) in [5.41, 5.74) is 0. The molecule has 6 heteroatoms. The molecule has 0 aromatic heterocycles. The highest BCUT2D eigenvalue weighted by atomic mass is 32.2. The maximum atomic E-state index is 12.1. The maximum Gasteiger partial charge on any atom is 0.240 e. The highest BCUT2D eigenvalue weighted by molar-refractivity contribution is 7.89. The van der Waals surface area contributed by atoms with E-state index in [0.29, 0.717) is 24.7 Å². The van der Waals surface area contributed by atoms with Gasteiger partial charge in [0.1, 0.15) is 13.2 Å². The van der Waals surface area contributed by atoms with Crippen molar-refractivity contribution in [3.63, 3.8) is 0 Å². The minimum atomic E-state index is -3.49. The second kappa shape index (κ2) is 5.16. The van der Waals surface area contributed by atoms with Crippen LogP contribution in [0.25, 0.3) is 0 Å². The average Bonchev–Trinajstić information content (AvgIpc) is 2.37. The lowest BCUT2D eigenvalue weighted by Crippen LogP contribution is -2.32. The highest BCUT2D eigenvalue weighted by Gasteiger charge is 2.20. The number of nitrogens with one attached hydrogen (secondary N) is 1. The molecule has 1 aromatic carbocycles. The van der Waals surface area contributed by atoms with E-state index >= 15 is 0 Å². The minimum Gasteiger partial charge on any atom is -0.486 e. The molecule has 0 spiro atoms. The van der Waals surface area contributed by atoms with E-state index in [9.17, 15) is 8.42 Å². The topological polar surface area (TPSA) is 64.6 Å². The fourth-order valence-electron chi connectivity index (χ4n) is 1.61. The summed E-state index contributed by atoms with van der Waals surface area (Å²) in [7, 11) is -3.49. The monoisotopic (exact) mass is 271 g/mol. The van der Waals surface area contributed by atoms with Crippen molar-refractivity contribution in [1.82, 2.24) is 4.72 Å². The summed E-state index contributed by atoms with van der Waals surface area (Å²) < 4.78 is 37.5. The lowest BCUT2D eigenvalue weighted by Gasteiger charge is -2.19. The predicted molar refractivity (Wildman–Crippen MR) is 67.5 cm³/mol. The molecule has 0 saturated carbocycles. The van der Waals surface area contributed by atoms with Crippen LogP contribution in [0, 0.1) is 0 Å². The molecule has 0 fully saturated rings. The summed E-state index contributed by atoms with van der Waals surface area (Å²) in [5, 5.41) is 0. The third-order valence-corrected chi connectivity index (χ3v) is 4.38. The standard InChI is InChI=1S/C12H17NO4S/c1-3-9(2)13-18(14,15)10-4-5-11-12(8-10)17-7-6-16-11/h4-5,8-9,13H,3,6-7H2,1-2H3/t9-/m0/s1. The number of hydrogen-bond donors (Lipinski definition) is 1. The number of benzene rings is 1. The van der Waals surface area contributed by atoms with E-state index in [1.807, 2.05) is 13.8 Å². The molecule has 18 heavy (non-hydrogen) atoms. The fraction of sp³-hybridized carbons (Fsp3) is 0.500. The van der Waals surface area contributed by atoms with Crippen molar-refractivity contribution in [2.75, 3.05) is 13.2 Å². The Morgan fingerprint density at radius 3 is 2.61 bits per heavy atom. The Kier molecular flexibility index (Phi) is 3.77. The SMILES string of the molecule is CC[C@H](C)NS(=O)(=O)c1ccc2c(c1)OCCO2. The molecule has 0 aliphatic carbocycles. The van der Waals surface area contributed by atoms with Gasteiger partial charge in [0, 0.05) is 12.1 Å². The summed E-state index contributed by atoms with van der Waals surface area (Å²) in [6.07, 6.45) is 0.740. The zero-order valence-corrected chi connectivity index (χ0v) is 11.3. The molecule has 0 radical (unpaired) electrons. The van der Waals surface area contributed by atoms with Gasteiger partial charge in [-0.05, 0) is 25.5 Å². The fourth-order valence-corrected chi connectivity index (χ4v) is 2.95. The Bertz CT molecular complexity index is 527. The summed E-state index contributed by atoms with van der Waals surface area (Å²) >= 11 is 0. The van der Waals surface area contributed by atoms with Gasteiger partial charge >= 0.3 is 0 Å². The third kappa shape index (κ3) is 2.76. The molecule has 1 heterocycles. The Balaban J connectivity index is 2.28. The van der Waals surface area contributed by atoms with Crippen LogP contribution in [0.4, 0.5) is 0 Å². The molecule has 1 aliphatic heterocycles. The van der Waals surface area contributed by atoms with Gasteiger partial charge in [-0.3, -0.25) is 0 Å². The van der Waals surface area contributed by atoms with Crippen LogP contribution in [0.2, 0.25) is 0 Å². The summed E-state index contributed by atoms with van der Waals surface area (Å²) in [5.74, 6) is 1.07. The Labute approximate surface area is 107 Å². The van der Waals surface area contributed by atoms with Gasteiger partial charge in [-0.25, -0.2) is 13.1 Å². The van der Waals surface area contributed by atoms with Crippen LogP contribution in [-0.4, -0.2) is 27.7 Å². The molecule has 0 amide bonds. The molecule has 0 bridgehead atoms. The maximum absolute atomic E-state index is 12.1. The van der Waals surface area contributed by atoms with E-state index in [2.05, 4.69) is 4.72 Å². The Morgan fingerprint density at radius 2 is 1.94 bits per heavy atom. The van der Waals surface area contributed by atoms with Crippen LogP contribution >= 0.6 is 0 Å². The van der Waals surface area contributed by atoms with Crippen molar-refractivity contribution in [3.05, 3.63) is 18.2 Å². The van der Waals surface area contributed by atoms with Crippen molar-refractivity contribution in [1.29, 1.82) is 0 Å². The molecule has 0 unspecified atom stereocenters. The van der Waals surface area contributed by atoms with Gasteiger partial charge in [0.05, 0.1) is 4.90 Å². The number of rotatable bonds is 4. The number of fused-ring (bicyclic) bond motifs is 1. The molecule has 2 rings (SSSR count). The first-order chi connectivity index (χ1) is 8.53. The van der Waals surface area contributed by atoms with E-state index < -0.39 is 10.0 Å². The Hall–Kier alpha value is -1.27. The van der Waals surface area contributed by atoms with E-state index in [-0.39, 0.29) is 10.9 Å². The number of sulfonamides is 1. The number of ether oxygens (including phenoxy) is 2. The van der Waals surface area contributed by atoms with Gasteiger partial charge in [-0.2, -0.15) is 0 Å². The zero-order valence-electron chi connectivity index (χ0n) is 10.5. The molecule has 100 valence electrons. The first-order valence-corrected chi connectivity index (χ1v) is 7.43. The lowest BCUT2D eigenvalue weighted by atomic mass is 10.3. The van der Waals surface area contributed by atoms with Crippen molar-refractivity contribution in [3.8, 4) is 11.5 Å². The van der Waals surface area contributed by atoms with Crippen LogP contribution < -0.4 is 14.2 Å². The minimum absolute atomic E-state index is 0.0943. The molecular weight excluding hydrogens is 254 g/mol. The van der Waals surface area contributed by atoms with Crippen LogP contribution in [0.15, 0.2) is 23.1 Å². The normalized spacial score (nSPS) is 16.3. The predicted octanol–water partition coefficient (Wildman–Crippen LogP) is 1.53. The summed E-state index contributed by atoms with van der Waals surface area (Å²) in [4.78, 5) is 0.201. The van der Waals surface area contributed by atoms with E-state index in [4.69, 9.17) is 9.47 Å². The van der Waals surface area contributed by atoms with E-state index in [1.54, 1.807) is 6.07 Å². The molecule has 1 aromatic rings. The quantitative estimate of drug-likeness (QED) is 0.902. The van der Waals surface area contributed by atoms with Crippen LogP contribution in [0.3, 0.4) is 0 Å². The molecular formula is C12H17NO4S. The second-order valence-corrected chi connectivity index (χ2v) is 5.95. The molecule has 1 aliphatic rings. The van der Waals surface area contributed by atoms with E-state index in [0.717, 1.165) is 6.42 Å². The van der Waals surface area contributed by atoms with Crippen molar-refractivity contribution >= 4 is 10.0 Å². The molecule has 5 nitrogen and oxygen atoms in total. The van der Waals surface area contributed by atoms with Crippen molar-refractivity contribution < 1.29 is 17.9 Å². The first kappa shape index (κ1) is 13.2. The lowest BCUT2D eigenvalue weighted by molar-refractivity contribution is 0.171. The molecule has 1 atom stereocenters. The zero-order chi connectivity index (χ0) is 13.2. The second-order valence-electron chi connectivity index (χ2n) is 4.24. The highest BCUT2D eigenvalue weighted by Crippen LogP contribution is 2.32. The first-order valence-electron chi connectivity index (χ1n) is 5.95. The van der Waals surface area contributed by atoms with Gasteiger partial charge in [-0.1, -0.05) is 6.92 Å². The van der Waals surface area contributed by atoms with Gasteiger partial charge in [0.2, 0.25) is 10.0 Å². The average molecular weight is 271 g/mol. The third-order valence-electron chi connectivity index (χ3n) is 2.79. The molecule has 1 N–H and O–H groups in total. The van der Waals surface area contributed by atoms with Gasteiger partial charge in [0.15, 0.2) is 11.5 Å². The van der Waals surface area contributed by atoms with Crippen LogP contribution in [-0.2, 0) is 10.0 Å². The largest absolute Gasteiger partial charge is 0.486 e. The van der Waals surface area contributed by atoms with Crippen molar-refractivity contribution in [2.24, 2.45) is 0 Å². The molecule has 0 saturated heterocycles. The Morgan fingerprint density at radius 1 is 1.28 bits per heavy atom. The number of hydrogen-bond acceptors (Lipinski definition) is 4. The van der Waals surface area contributed by atoms with Crippen LogP contribution in [0.1, 0.15) is 20.3 Å². The van der Waals surface area contributed by atoms with Gasteiger partial charge < -0.3 is 9.47 Å². The van der Waals surface area contributed by atoms with E-state index in [1.165, 1.54) is 12.1 Å². The smallest absolute Gasteiger partial charge is 0.240 e.